The van der Waals surface area contributed by atoms with Crippen LogP contribution in [0.25, 0.3) is 21.6 Å². The molecule has 4 aromatic heterocycles. The normalized spacial score (nSPS) is 16.1. The van der Waals surface area contributed by atoms with E-state index in [9.17, 15) is 0 Å². The van der Waals surface area contributed by atoms with Crippen LogP contribution in [0, 0.1) is 13.8 Å². The van der Waals surface area contributed by atoms with Gasteiger partial charge in [0.1, 0.15) is 16.2 Å². The fourth-order valence-corrected chi connectivity index (χ4v) is 6.63. The minimum atomic E-state index is 0.332. The lowest BCUT2D eigenvalue weighted by Gasteiger charge is -2.14. The molecule has 0 aliphatic carbocycles. The van der Waals surface area contributed by atoms with Crippen molar-refractivity contribution < 1.29 is 0 Å². The van der Waals surface area contributed by atoms with Crippen LogP contribution < -0.4 is 0 Å². The van der Waals surface area contributed by atoms with Crippen molar-refractivity contribution in [3.05, 3.63) is 41.3 Å². The third kappa shape index (κ3) is 2.94. The van der Waals surface area contributed by atoms with Gasteiger partial charge in [0, 0.05) is 39.7 Å². The second kappa shape index (κ2) is 6.88. The summed E-state index contributed by atoms with van der Waals surface area (Å²) in [6.07, 6.45) is 5.26. The molecule has 4 aromatic rings. The van der Waals surface area contributed by atoms with E-state index in [1.165, 1.54) is 15.8 Å². The van der Waals surface area contributed by atoms with Crippen LogP contribution in [0.3, 0.4) is 0 Å². The molecule has 9 heteroatoms. The van der Waals surface area contributed by atoms with Crippen LogP contribution in [0.1, 0.15) is 16.5 Å². The van der Waals surface area contributed by atoms with Crippen molar-refractivity contribution in [1.29, 1.82) is 0 Å². The fraction of sp³-hybridized carbons (Fsp3) is 0.278. The highest BCUT2D eigenvalue weighted by Crippen LogP contribution is 2.40. The maximum Gasteiger partial charge on any atom is 0.191 e. The van der Waals surface area contributed by atoms with Crippen molar-refractivity contribution in [3.63, 3.8) is 0 Å². The average molecular weight is 413 g/mol. The number of aromatic nitrogens is 6. The van der Waals surface area contributed by atoms with Crippen molar-refractivity contribution in [3.8, 4) is 11.4 Å². The quantitative estimate of drug-likeness (QED) is 0.363. The molecule has 5 rings (SSSR count). The Balaban J connectivity index is 1.45. The Morgan fingerprint density at radius 1 is 1.19 bits per heavy atom. The number of thioether (sulfide) groups is 2. The third-order valence-electron chi connectivity index (χ3n) is 4.72. The Hall–Kier alpha value is -1.97. The van der Waals surface area contributed by atoms with Gasteiger partial charge in [-0.05, 0) is 31.5 Å². The van der Waals surface area contributed by atoms with E-state index in [0.29, 0.717) is 6.04 Å². The molecule has 6 nitrogen and oxygen atoms in total. The maximum absolute atomic E-state index is 4.57. The minimum absolute atomic E-state index is 0.332. The van der Waals surface area contributed by atoms with Gasteiger partial charge in [0.15, 0.2) is 11.0 Å². The van der Waals surface area contributed by atoms with Gasteiger partial charge in [0.25, 0.3) is 0 Å². The molecule has 0 fully saturated rings. The molecular formula is C18H16N6S3. The Kier molecular flexibility index (Phi) is 4.37. The summed E-state index contributed by atoms with van der Waals surface area (Å²) in [5, 5.41) is 12.0. The van der Waals surface area contributed by atoms with Gasteiger partial charge in [-0.1, -0.05) is 11.8 Å². The van der Waals surface area contributed by atoms with E-state index in [-0.39, 0.29) is 0 Å². The summed E-state index contributed by atoms with van der Waals surface area (Å²) >= 11 is 5.31. The first-order chi connectivity index (χ1) is 13.2. The van der Waals surface area contributed by atoms with Gasteiger partial charge < -0.3 is 0 Å². The third-order valence-corrected chi connectivity index (χ3v) is 8.05. The molecular weight excluding hydrogens is 396 g/mol. The van der Waals surface area contributed by atoms with Crippen LogP contribution in [0.4, 0.5) is 0 Å². The lowest BCUT2D eigenvalue weighted by molar-refractivity contribution is 0.597. The van der Waals surface area contributed by atoms with Gasteiger partial charge in [-0.3, -0.25) is 9.55 Å². The lowest BCUT2D eigenvalue weighted by atomic mass is 10.2. The van der Waals surface area contributed by atoms with Crippen LogP contribution in [-0.2, 0) is 0 Å². The van der Waals surface area contributed by atoms with E-state index in [0.717, 1.165) is 37.9 Å². The highest BCUT2D eigenvalue weighted by molar-refractivity contribution is 8.00. The zero-order valence-corrected chi connectivity index (χ0v) is 17.2. The summed E-state index contributed by atoms with van der Waals surface area (Å²) in [5.41, 5.74) is 2.34. The summed E-state index contributed by atoms with van der Waals surface area (Å²) < 4.78 is 2.26. The summed E-state index contributed by atoms with van der Waals surface area (Å²) in [6.45, 7) is 4.31. The first-order valence-electron chi connectivity index (χ1n) is 8.54. The van der Waals surface area contributed by atoms with E-state index >= 15 is 0 Å². The largest absolute Gasteiger partial charge is 0.297 e. The van der Waals surface area contributed by atoms with Gasteiger partial charge >= 0.3 is 0 Å². The van der Waals surface area contributed by atoms with E-state index in [1.54, 1.807) is 53.6 Å². The molecule has 0 saturated carbocycles. The number of nitrogens with zero attached hydrogens (tertiary/aromatic N) is 6. The zero-order chi connectivity index (χ0) is 18.4. The standard InChI is InChI=1S/C18H16N6S3/c1-10-11(2)27-17-14(10)16(20-9-21-17)25-7-13-8-26-18-23-22-15(24(13)18)12-3-5-19-6-4-12/h3-6,9,13H,7-8H2,1-2H3. The number of aryl methyl sites for hydroxylation is 2. The number of hydrogen-bond donors (Lipinski definition) is 0. The summed E-state index contributed by atoms with van der Waals surface area (Å²) in [4.78, 5) is 15.5. The fourth-order valence-electron chi connectivity index (χ4n) is 3.20. The van der Waals surface area contributed by atoms with Gasteiger partial charge in [-0.15, -0.1) is 33.3 Å². The van der Waals surface area contributed by atoms with Crippen LogP contribution >= 0.6 is 34.9 Å². The molecule has 0 spiro atoms. The molecule has 1 unspecified atom stereocenters. The average Bonchev–Trinajstić information content (AvgIpc) is 3.36. The van der Waals surface area contributed by atoms with Crippen molar-refractivity contribution in [2.24, 2.45) is 0 Å². The van der Waals surface area contributed by atoms with Gasteiger partial charge in [-0.2, -0.15) is 0 Å². The number of thiophene rings is 1. The first-order valence-corrected chi connectivity index (χ1v) is 11.3. The molecule has 1 atom stereocenters. The predicted molar refractivity (Wildman–Crippen MR) is 111 cm³/mol. The van der Waals surface area contributed by atoms with Crippen molar-refractivity contribution >= 4 is 45.1 Å². The number of fused-ring (bicyclic) bond motifs is 2. The van der Waals surface area contributed by atoms with Gasteiger partial charge in [0.05, 0.1) is 6.04 Å². The topological polar surface area (TPSA) is 69.4 Å². The second-order valence-corrected chi connectivity index (χ2v) is 9.53. The summed E-state index contributed by atoms with van der Waals surface area (Å²) in [7, 11) is 0. The van der Waals surface area contributed by atoms with E-state index in [4.69, 9.17) is 0 Å². The van der Waals surface area contributed by atoms with Crippen LogP contribution in [0.5, 0.6) is 0 Å². The maximum atomic E-state index is 4.57. The first kappa shape index (κ1) is 17.2. The number of hydrogen-bond acceptors (Lipinski definition) is 8. The number of rotatable bonds is 4. The Labute approximate surface area is 168 Å². The van der Waals surface area contributed by atoms with Crippen LogP contribution in [-0.4, -0.2) is 41.2 Å². The SMILES string of the molecule is Cc1sc2ncnc(SCC3CSc4nnc(-c5ccncc5)n43)c2c1C. The number of pyridine rings is 1. The Morgan fingerprint density at radius 2 is 2.04 bits per heavy atom. The monoisotopic (exact) mass is 412 g/mol. The summed E-state index contributed by atoms with van der Waals surface area (Å²) in [6, 6.07) is 4.30. The molecule has 0 bridgehead atoms. The molecule has 0 saturated heterocycles. The molecule has 0 aromatic carbocycles. The van der Waals surface area contributed by atoms with Crippen LogP contribution in [0.15, 0.2) is 41.0 Å². The molecule has 0 amide bonds. The van der Waals surface area contributed by atoms with Gasteiger partial charge in [0.2, 0.25) is 0 Å². The van der Waals surface area contributed by atoms with Crippen molar-refractivity contribution in [2.45, 2.75) is 30.1 Å². The molecule has 0 N–H and O–H groups in total. The van der Waals surface area contributed by atoms with E-state index < -0.39 is 0 Å². The van der Waals surface area contributed by atoms with Crippen LogP contribution in [0.2, 0.25) is 0 Å². The molecule has 136 valence electrons. The minimum Gasteiger partial charge on any atom is -0.297 e. The zero-order valence-electron chi connectivity index (χ0n) is 14.8. The van der Waals surface area contributed by atoms with Gasteiger partial charge in [-0.25, -0.2) is 9.97 Å². The summed E-state index contributed by atoms with van der Waals surface area (Å²) in [5.74, 6) is 2.85. The van der Waals surface area contributed by atoms with Crippen molar-refractivity contribution in [2.75, 3.05) is 11.5 Å². The van der Waals surface area contributed by atoms with E-state index in [1.807, 2.05) is 12.1 Å². The Bertz CT molecular complexity index is 1120. The molecule has 1 aliphatic rings. The molecule has 1 aliphatic heterocycles. The predicted octanol–water partition coefficient (Wildman–Crippen LogP) is 4.40. The smallest absolute Gasteiger partial charge is 0.191 e. The lowest BCUT2D eigenvalue weighted by Crippen LogP contribution is -2.11. The molecule has 5 heterocycles. The van der Waals surface area contributed by atoms with E-state index in [2.05, 4.69) is 43.6 Å². The highest BCUT2D eigenvalue weighted by atomic mass is 32.2. The highest BCUT2D eigenvalue weighted by Gasteiger charge is 2.29. The van der Waals surface area contributed by atoms with Crippen molar-refractivity contribution in [1.82, 2.24) is 29.7 Å². The Morgan fingerprint density at radius 3 is 2.89 bits per heavy atom. The molecule has 0 radical (unpaired) electrons. The second-order valence-electron chi connectivity index (χ2n) is 6.33. The molecule has 27 heavy (non-hydrogen) atoms.